The first-order valence-electron chi connectivity index (χ1n) is 9.32. The summed E-state index contributed by atoms with van der Waals surface area (Å²) in [4.78, 5) is 13.1. The number of carbonyl (C=O) groups excluding carboxylic acids is 1. The van der Waals surface area contributed by atoms with Crippen LogP contribution in [0, 0.1) is 18.3 Å². The fourth-order valence-corrected chi connectivity index (χ4v) is 4.16. The van der Waals surface area contributed by atoms with Gasteiger partial charge >= 0.3 is 0 Å². The Balaban J connectivity index is 1.70. The van der Waals surface area contributed by atoms with Gasteiger partial charge in [0, 0.05) is 16.8 Å². The quantitative estimate of drug-likeness (QED) is 0.642. The number of hydrogen-bond acceptors (Lipinski definition) is 3. The molecule has 1 amide bonds. The van der Waals surface area contributed by atoms with Crippen molar-refractivity contribution < 1.29 is 4.79 Å². The van der Waals surface area contributed by atoms with Gasteiger partial charge < -0.3 is 5.32 Å². The Morgan fingerprint density at radius 3 is 2.76 bits per heavy atom. The smallest absolute Gasteiger partial charge is 0.273 e. The summed E-state index contributed by atoms with van der Waals surface area (Å²) in [5.41, 5.74) is 4.86. The molecule has 2 aromatic carbocycles. The Morgan fingerprint density at radius 1 is 1.21 bits per heavy atom. The van der Waals surface area contributed by atoms with Crippen molar-refractivity contribution in [1.82, 2.24) is 15.1 Å². The standard InChI is InChI=1S/C22H18Cl2N4O/c1-13-6-2-3-10-18(13)28-19-11-5-8-15(19)21(27-28)22(29)26-17(12-25)14-7-4-9-16(23)20(14)24/h2-4,6-7,9-10,17H,5,8,11H2,1H3,(H,26,29). The number of nitriles is 1. The molecule has 7 heteroatoms. The zero-order valence-electron chi connectivity index (χ0n) is 15.7. The molecule has 0 saturated carbocycles. The van der Waals surface area contributed by atoms with Crippen LogP contribution in [0.1, 0.15) is 45.3 Å². The molecule has 0 fully saturated rings. The number of aromatic nitrogens is 2. The highest BCUT2D eigenvalue weighted by molar-refractivity contribution is 6.42. The molecular weight excluding hydrogens is 407 g/mol. The zero-order valence-corrected chi connectivity index (χ0v) is 17.3. The second-order valence-electron chi connectivity index (χ2n) is 7.00. The third-order valence-electron chi connectivity index (χ3n) is 5.19. The maximum absolute atomic E-state index is 13.1. The van der Waals surface area contributed by atoms with Gasteiger partial charge in [-0.1, -0.05) is 53.5 Å². The first-order valence-corrected chi connectivity index (χ1v) is 10.1. The summed E-state index contributed by atoms with van der Waals surface area (Å²) in [5, 5.41) is 17.6. The topological polar surface area (TPSA) is 70.7 Å². The number of para-hydroxylation sites is 1. The fourth-order valence-electron chi connectivity index (χ4n) is 3.74. The molecule has 29 heavy (non-hydrogen) atoms. The summed E-state index contributed by atoms with van der Waals surface area (Å²) < 4.78 is 1.86. The lowest BCUT2D eigenvalue weighted by Gasteiger charge is -2.14. The molecule has 0 saturated heterocycles. The monoisotopic (exact) mass is 424 g/mol. The normalized spacial score (nSPS) is 13.6. The highest BCUT2D eigenvalue weighted by Crippen LogP contribution is 2.31. The molecular formula is C22H18Cl2N4O. The van der Waals surface area contributed by atoms with Crippen molar-refractivity contribution in [3.63, 3.8) is 0 Å². The van der Waals surface area contributed by atoms with Crippen molar-refractivity contribution in [3.05, 3.63) is 80.6 Å². The largest absolute Gasteiger partial charge is 0.331 e. The lowest BCUT2D eigenvalue weighted by molar-refractivity contribution is 0.0939. The van der Waals surface area contributed by atoms with Crippen molar-refractivity contribution in [2.24, 2.45) is 0 Å². The van der Waals surface area contributed by atoms with Gasteiger partial charge in [-0.05, 0) is 43.9 Å². The average molecular weight is 425 g/mol. The van der Waals surface area contributed by atoms with Crippen LogP contribution in [0.25, 0.3) is 5.69 Å². The maximum Gasteiger partial charge on any atom is 0.273 e. The van der Waals surface area contributed by atoms with E-state index in [2.05, 4.69) is 16.5 Å². The van der Waals surface area contributed by atoms with Crippen LogP contribution in [-0.4, -0.2) is 15.7 Å². The molecule has 5 nitrogen and oxygen atoms in total. The van der Waals surface area contributed by atoms with Gasteiger partial charge in [-0.15, -0.1) is 0 Å². The Hall–Kier alpha value is -2.81. The minimum Gasteiger partial charge on any atom is -0.331 e. The SMILES string of the molecule is Cc1ccccc1-n1nc(C(=O)NC(C#N)c2cccc(Cl)c2Cl)c2c1CCC2. The predicted octanol–water partition coefficient (Wildman–Crippen LogP) is 4.97. The van der Waals surface area contributed by atoms with E-state index in [9.17, 15) is 10.1 Å². The molecule has 3 aromatic rings. The van der Waals surface area contributed by atoms with Gasteiger partial charge in [0.05, 0.1) is 21.8 Å². The molecule has 1 aromatic heterocycles. The average Bonchev–Trinajstić information content (AvgIpc) is 3.32. The van der Waals surface area contributed by atoms with Gasteiger partial charge in [0.15, 0.2) is 5.69 Å². The van der Waals surface area contributed by atoms with Crippen LogP contribution in [0.2, 0.25) is 10.0 Å². The Labute approximate surface area is 178 Å². The second-order valence-corrected chi connectivity index (χ2v) is 7.79. The van der Waals surface area contributed by atoms with E-state index in [1.54, 1.807) is 18.2 Å². The number of nitrogens with one attached hydrogen (secondary N) is 1. The maximum atomic E-state index is 13.1. The number of carbonyl (C=O) groups is 1. The Bertz CT molecular complexity index is 1150. The summed E-state index contributed by atoms with van der Waals surface area (Å²) in [6.07, 6.45) is 2.63. The van der Waals surface area contributed by atoms with E-state index < -0.39 is 11.9 Å². The molecule has 1 aliphatic carbocycles. The minimum atomic E-state index is -0.922. The van der Waals surface area contributed by atoms with E-state index in [0.29, 0.717) is 16.3 Å². The van der Waals surface area contributed by atoms with Gasteiger partial charge in [0.2, 0.25) is 0 Å². The van der Waals surface area contributed by atoms with E-state index in [0.717, 1.165) is 41.8 Å². The summed E-state index contributed by atoms with van der Waals surface area (Å²) in [6, 6.07) is 14.1. The first kappa shape index (κ1) is 19.5. The zero-order chi connectivity index (χ0) is 20.5. The Morgan fingerprint density at radius 2 is 2.00 bits per heavy atom. The molecule has 1 aliphatic rings. The van der Waals surface area contributed by atoms with Crippen molar-refractivity contribution in [3.8, 4) is 11.8 Å². The van der Waals surface area contributed by atoms with E-state index in [-0.39, 0.29) is 5.02 Å². The molecule has 1 N–H and O–H groups in total. The number of fused-ring (bicyclic) bond motifs is 1. The summed E-state index contributed by atoms with van der Waals surface area (Å²) in [7, 11) is 0. The van der Waals surface area contributed by atoms with E-state index in [1.807, 2.05) is 35.9 Å². The van der Waals surface area contributed by atoms with Gasteiger partial charge in [-0.2, -0.15) is 10.4 Å². The third-order valence-corrected chi connectivity index (χ3v) is 6.02. The molecule has 4 rings (SSSR count). The number of hydrogen-bond donors (Lipinski definition) is 1. The van der Waals surface area contributed by atoms with Gasteiger partial charge in [0.25, 0.3) is 5.91 Å². The molecule has 0 radical (unpaired) electrons. The molecule has 0 bridgehead atoms. The number of aryl methyl sites for hydroxylation is 1. The van der Waals surface area contributed by atoms with E-state index in [4.69, 9.17) is 23.2 Å². The van der Waals surface area contributed by atoms with Crippen LogP contribution in [0.4, 0.5) is 0 Å². The van der Waals surface area contributed by atoms with Crippen molar-refractivity contribution >= 4 is 29.1 Å². The molecule has 0 spiro atoms. The molecule has 1 heterocycles. The highest BCUT2D eigenvalue weighted by atomic mass is 35.5. The number of halogens is 2. The third kappa shape index (κ3) is 3.50. The van der Waals surface area contributed by atoms with Crippen LogP contribution in [-0.2, 0) is 12.8 Å². The lowest BCUT2D eigenvalue weighted by atomic mass is 10.1. The predicted molar refractivity (Wildman–Crippen MR) is 113 cm³/mol. The first-order chi connectivity index (χ1) is 14.0. The summed E-state index contributed by atoms with van der Waals surface area (Å²) in [6.45, 7) is 2.02. The Kier molecular flexibility index (Phi) is 5.31. The van der Waals surface area contributed by atoms with E-state index >= 15 is 0 Å². The fraction of sp³-hybridized carbons (Fsp3) is 0.227. The van der Waals surface area contributed by atoms with Crippen molar-refractivity contribution in [2.45, 2.75) is 32.2 Å². The molecule has 1 unspecified atom stereocenters. The van der Waals surface area contributed by atoms with Crippen LogP contribution in [0.3, 0.4) is 0 Å². The summed E-state index contributed by atoms with van der Waals surface area (Å²) in [5.74, 6) is -0.391. The highest BCUT2D eigenvalue weighted by Gasteiger charge is 2.29. The van der Waals surface area contributed by atoms with Gasteiger partial charge in [-0.25, -0.2) is 4.68 Å². The van der Waals surface area contributed by atoms with Gasteiger partial charge in [-0.3, -0.25) is 4.79 Å². The number of amides is 1. The van der Waals surface area contributed by atoms with E-state index in [1.165, 1.54) is 0 Å². The van der Waals surface area contributed by atoms with Crippen molar-refractivity contribution in [1.29, 1.82) is 5.26 Å². The lowest BCUT2D eigenvalue weighted by Crippen LogP contribution is -2.29. The van der Waals surface area contributed by atoms with Crippen LogP contribution < -0.4 is 5.32 Å². The number of nitrogens with zero attached hydrogens (tertiary/aromatic N) is 3. The molecule has 1 atom stereocenters. The van der Waals surface area contributed by atoms with Crippen molar-refractivity contribution in [2.75, 3.05) is 0 Å². The number of benzene rings is 2. The van der Waals surface area contributed by atoms with Gasteiger partial charge in [0.1, 0.15) is 6.04 Å². The molecule has 0 aliphatic heterocycles. The molecule has 146 valence electrons. The van der Waals surface area contributed by atoms with Crippen LogP contribution in [0.15, 0.2) is 42.5 Å². The van der Waals surface area contributed by atoms with Crippen LogP contribution >= 0.6 is 23.2 Å². The number of rotatable bonds is 4. The second kappa shape index (κ2) is 7.90. The van der Waals surface area contributed by atoms with Crippen LogP contribution in [0.5, 0.6) is 0 Å². The minimum absolute atomic E-state index is 0.261. The summed E-state index contributed by atoms with van der Waals surface area (Å²) >= 11 is 12.3.